The first-order valence-corrected chi connectivity index (χ1v) is 6.24. The smallest absolute Gasteiger partial charge is 0.169 e. The monoisotopic (exact) mass is 298 g/mol. The summed E-state index contributed by atoms with van der Waals surface area (Å²) in [4.78, 5) is 0. The van der Waals surface area contributed by atoms with Crippen molar-refractivity contribution in [3.05, 3.63) is 46.4 Å². The van der Waals surface area contributed by atoms with E-state index < -0.39 is 0 Å². The minimum atomic E-state index is 0.546. The summed E-state index contributed by atoms with van der Waals surface area (Å²) in [6.07, 6.45) is 0. The quantitative estimate of drug-likeness (QED) is 0.811. The molecule has 0 fully saturated rings. The van der Waals surface area contributed by atoms with Gasteiger partial charge in [-0.05, 0) is 24.3 Å². The van der Waals surface area contributed by atoms with E-state index in [0.717, 1.165) is 0 Å². The van der Waals surface area contributed by atoms with Crippen LogP contribution in [0.25, 0.3) is 0 Å². The molecular weight excluding hydrogens is 287 g/mol. The molecule has 0 aliphatic carbocycles. The summed E-state index contributed by atoms with van der Waals surface area (Å²) in [5, 5.41) is 1.15. The number of hydrogen-bond donors (Lipinski definition) is 0. The van der Waals surface area contributed by atoms with Gasteiger partial charge in [0, 0.05) is 22.2 Å². The van der Waals surface area contributed by atoms with Gasteiger partial charge in [0.15, 0.2) is 23.0 Å². The highest BCUT2D eigenvalue weighted by molar-refractivity contribution is 6.31. The van der Waals surface area contributed by atoms with Gasteiger partial charge >= 0.3 is 0 Å². The number of benzene rings is 2. The Morgan fingerprint density at radius 3 is 1.47 bits per heavy atom. The van der Waals surface area contributed by atoms with Crippen LogP contribution in [0.5, 0.6) is 23.0 Å². The molecule has 100 valence electrons. The Labute approximate surface area is 121 Å². The Morgan fingerprint density at radius 2 is 1.11 bits per heavy atom. The summed E-state index contributed by atoms with van der Waals surface area (Å²) in [6.45, 7) is 0. The topological polar surface area (TPSA) is 27.7 Å². The van der Waals surface area contributed by atoms with Crippen molar-refractivity contribution in [2.75, 3.05) is 14.2 Å². The highest BCUT2D eigenvalue weighted by Gasteiger charge is 2.10. The Morgan fingerprint density at radius 1 is 0.684 bits per heavy atom. The molecule has 0 radical (unpaired) electrons. The Hall–Kier alpha value is -1.58. The molecule has 0 saturated heterocycles. The second-order valence-electron chi connectivity index (χ2n) is 3.69. The second-order valence-corrected chi connectivity index (χ2v) is 4.57. The Bertz CT molecular complexity index is 533. The SMILES string of the molecule is COc1cc(Cl)ccc1Oc1ccc(Cl)cc1OC. The van der Waals surface area contributed by atoms with E-state index in [1.807, 2.05) is 0 Å². The highest BCUT2D eigenvalue weighted by Crippen LogP contribution is 2.38. The maximum atomic E-state index is 5.90. The van der Waals surface area contributed by atoms with Crippen LogP contribution in [0, 0.1) is 0 Å². The zero-order chi connectivity index (χ0) is 13.8. The normalized spacial score (nSPS) is 10.1. The lowest BCUT2D eigenvalue weighted by Gasteiger charge is -2.13. The highest BCUT2D eigenvalue weighted by atomic mass is 35.5. The van der Waals surface area contributed by atoms with Crippen LogP contribution in [0.15, 0.2) is 36.4 Å². The fraction of sp³-hybridized carbons (Fsp3) is 0.143. The standard InChI is InChI=1S/C14H12Cl2O3/c1-17-13-7-9(15)3-5-11(13)19-12-6-4-10(16)8-14(12)18-2/h3-8H,1-2H3. The molecule has 0 N–H and O–H groups in total. The van der Waals surface area contributed by atoms with Crippen LogP contribution in [0.4, 0.5) is 0 Å². The van der Waals surface area contributed by atoms with Gasteiger partial charge in [0.25, 0.3) is 0 Å². The summed E-state index contributed by atoms with van der Waals surface area (Å²) < 4.78 is 16.2. The number of ether oxygens (including phenoxy) is 3. The van der Waals surface area contributed by atoms with Gasteiger partial charge in [0.2, 0.25) is 0 Å². The largest absolute Gasteiger partial charge is 0.493 e. The predicted molar refractivity (Wildman–Crippen MR) is 76.1 cm³/mol. The minimum Gasteiger partial charge on any atom is -0.493 e. The zero-order valence-corrected chi connectivity index (χ0v) is 12.0. The molecular formula is C14H12Cl2O3. The molecule has 2 aromatic rings. The molecule has 0 aliphatic rings. The van der Waals surface area contributed by atoms with Gasteiger partial charge in [-0.1, -0.05) is 23.2 Å². The van der Waals surface area contributed by atoms with Gasteiger partial charge in [0.05, 0.1) is 14.2 Å². The Kier molecular flexibility index (Phi) is 4.40. The number of methoxy groups -OCH3 is 2. The van der Waals surface area contributed by atoms with Crippen molar-refractivity contribution >= 4 is 23.2 Å². The zero-order valence-electron chi connectivity index (χ0n) is 10.4. The molecule has 19 heavy (non-hydrogen) atoms. The third kappa shape index (κ3) is 3.25. The van der Waals surface area contributed by atoms with E-state index >= 15 is 0 Å². The summed E-state index contributed by atoms with van der Waals surface area (Å²) >= 11 is 11.8. The molecule has 0 atom stereocenters. The van der Waals surface area contributed by atoms with Crippen molar-refractivity contribution in [3.63, 3.8) is 0 Å². The van der Waals surface area contributed by atoms with E-state index in [4.69, 9.17) is 37.4 Å². The van der Waals surface area contributed by atoms with Crippen LogP contribution in [-0.4, -0.2) is 14.2 Å². The predicted octanol–water partition coefficient (Wildman–Crippen LogP) is 4.80. The molecule has 0 unspecified atom stereocenters. The van der Waals surface area contributed by atoms with Crippen molar-refractivity contribution in [1.29, 1.82) is 0 Å². The maximum Gasteiger partial charge on any atom is 0.169 e. The van der Waals surface area contributed by atoms with Gasteiger partial charge in [-0.3, -0.25) is 0 Å². The van der Waals surface area contributed by atoms with Crippen LogP contribution in [0.1, 0.15) is 0 Å². The maximum absolute atomic E-state index is 5.90. The fourth-order valence-electron chi connectivity index (χ4n) is 1.57. The second kappa shape index (κ2) is 6.04. The van der Waals surface area contributed by atoms with Crippen LogP contribution >= 0.6 is 23.2 Å². The first-order chi connectivity index (χ1) is 9.13. The summed E-state index contributed by atoms with van der Waals surface area (Å²) in [7, 11) is 3.11. The van der Waals surface area contributed by atoms with Crippen LogP contribution in [0.2, 0.25) is 10.0 Å². The molecule has 0 amide bonds. The molecule has 0 heterocycles. The summed E-state index contributed by atoms with van der Waals surface area (Å²) in [5.74, 6) is 2.19. The number of halogens is 2. The van der Waals surface area contributed by atoms with E-state index in [9.17, 15) is 0 Å². The van der Waals surface area contributed by atoms with Crippen LogP contribution < -0.4 is 14.2 Å². The van der Waals surface area contributed by atoms with Crippen molar-refractivity contribution in [1.82, 2.24) is 0 Å². The molecule has 2 rings (SSSR count). The van der Waals surface area contributed by atoms with Crippen LogP contribution in [-0.2, 0) is 0 Å². The van der Waals surface area contributed by atoms with E-state index in [1.165, 1.54) is 0 Å². The van der Waals surface area contributed by atoms with E-state index in [2.05, 4.69) is 0 Å². The van der Waals surface area contributed by atoms with Crippen molar-refractivity contribution in [3.8, 4) is 23.0 Å². The number of rotatable bonds is 4. The van der Waals surface area contributed by atoms with Crippen LogP contribution in [0.3, 0.4) is 0 Å². The van der Waals surface area contributed by atoms with E-state index in [-0.39, 0.29) is 0 Å². The minimum absolute atomic E-state index is 0.546. The molecule has 0 bridgehead atoms. The molecule has 0 aliphatic heterocycles. The lowest BCUT2D eigenvalue weighted by molar-refractivity contribution is 0.356. The summed E-state index contributed by atoms with van der Waals surface area (Å²) in [5.41, 5.74) is 0. The van der Waals surface area contributed by atoms with Gasteiger partial charge in [-0.2, -0.15) is 0 Å². The average molecular weight is 299 g/mol. The van der Waals surface area contributed by atoms with E-state index in [0.29, 0.717) is 33.0 Å². The first kappa shape index (κ1) is 13.8. The first-order valence-electron chi connectivity index (χ1n) is 5.49. The van der Waals surface area contributed by atoms with Crippen molar-refractivity contribution in [2.45, 2.75) is 0 Å². The Balaban J connectivity index is 2.36. The summed E-state index contributed by atoms with van der Waals surface area (Å²) in [6, 6.07) is 10.3. The van der Waals surface area contributed by atoms with Gasteiger partial charge in [-0.25, -0.2) is 0 Å². The molecule has 0 aromatic heterocycles. The van der Waals surface area contributed by atoms with Gasteiger partial charge in [0.1, 0.15) is 0 Å². The third-order valence-electron chi connectivity index (χ3n) is 2.47. The molecule has 0 saturated carbocycles. The van der Waals surface area contributed by atoms with Crippen molar-refractivity contribution in [2.24, 2.45) is 0 Å². The van der Waals surface area contributed by atoms with Gasteiger partial charge in [-0.15, -0.1) is 0 Å². The fourth-order valence-corrected chi connectivity index (χ4v) is 1.89. The lowest BCUT2D eigenvalue weighted by atomic mass is 10.3. The number of hydrogen-bond acceptors (Lipinski definition) is 3. The third-order valence-corrected chi connectivity index (χ3v) is 2.94. The molecule has 0 spiro atoms. The molecule has 5 heteroatoms. The van der Waals surface area contributed by atoms with Crippen molar-refractivity contribution < 1.29 is 14.2 Å². The lowest BCUT2D eigenvalue weighted by Crippen LogP contribution is -1.93. The average Bonchev–Trinajstić information content (AvgIpc) is 2.42. The molecule has 2 aromatic carbocycles. The van der Waals surface area contributed by atoms with Gasteiger partial charge < -0.3 is 14.2 Å². The van der Waals surface area contributed by atoms with E-state index in [1.54, 1.807) is 50.6 Å². The molecule has 3 nitrogen and oxygen atoms in total.